The first-order chi connectivity index (χ1) is 16.2. The van der Waals surface area contributed by atoms with Gasteiger partial charge in [0.05, 0.1) is 22.4 Å². The molecule has 0 radical (unpaired) electrons. The second-order valence-corrected chi connectivity index (χ2v) is 9.69. The number of thioether (sulfide) groups is 1. The Hall–Kier alpha value is -2.84. The maximum Gasteiger partial charge on any atom is 0.253 e. The van der Waals surface area contributed by atoms with Gasteiger partial charge < -0.3 is 15.2 Å². The number of rotatable bonds is 9. The molecule has 2 aromatic carbocycles. The normalized spacial score (nSPS) is 12.0. The van der Waals surface area contributed by atoms with Crippen molar-refractivity contribution < 1.29 is 9.59 Å². The zero-order chi connectivity index (χ0) is 24.8. The summed E-state index contributed by atoms with van der Waals surface area (Å²) in [5.41, 5.74) is 3.40. The Bertz CT molecular complexity index is 1180. The van der Waals surface area contributed by atoms with Crippen molar-refractivity contribution in [3.05, 3.63) is 70.0 Å². The van der Waals surface area contributed by atoms with E-state index in [2.05, 4.69) is 20.8 Å². The smallest absolute Gasteiger partial charge is 0.253 e. The Kier molecular flexibility index (Phi) is 8.74. The van der Waals surface area contributed by atoms with Gasteiger partial charge in [0.1, 0.15) is 0 Å². The summed E-state index contributed by atoms with van der Waals surface area (Å²) in [6, 6.07) is 12.4. The molecule has 9 heteroatoms. The maximum atomic E-state index is 12.9. The number of nitrogens with zero attached hydrogens (tertiary/aromatic N) is 3. The predicted molar refractivity (Wildman–Crippen MR) is 137 cm³/mol. The van der Waals surface area contributed by atoms with E-state index in [1.54, 1.807) is 24.3 Å². The minimum Gasteiger partial charge on any atom is -0.342 e. The summed E-state index contributed by atoms with van der Waals surface area (Å²) in [6.07, 6.45) is 0. The number of nitrogens with one attached hydrogen (secondary N) is 2. The molecule has 0 bridgehead atoms. The van der Waals surface area contributed by atoms with Gasteiger partial charge in [0.25, 0.3) is 5.91 Å². The highest BCUT2D eigenvalue weighted by atomic mass is 35.5. The van der Waals surface area contributed by atoms with E-state index in [4.69, 9.17) is 11.6 Å². The van der Waals surface area contributed by atoms with Crippen LogP contribution in [0.15, 0.2) is 47.6 Å². The van der Waals surface area contributed by atoms with Crippen molar-refractivity contribution in [3.8, 4) is 0 Å². The van der Waals surface area contributed by atoms with Crippen molar-refractivity contribution in [2.45, 2.75) is 52.4 Å². The van der Waals surface area contributed by atoms with Crippen molar-refractivity contribution in [1.82, 2.24) is 20.1 Å². The quantitative estimate of drug-likeness (QED) is 0.383. The lowest BCUT2D eigenvalue weighted by Gasteiger charge is -2.22. The molecule has 180 valence electrons. The van der Waals surface area contributed by atoms with E-state index < -0.39 is 0 Å². The molecule has 2 amide bonds. The van der Waals surface area contributed by atoms with E-state index in [-0.39, 0.29) is 29.5 Å². The van der Waals surface area contributed by atoms with Gasteiger partial charge in [0.2, 0.25) is 5.91 Å². The Morgan fingerprint density at radius 2 is 1.82 bits per heavy atom. The molecule has 3 rings (SSSR count). The molecule has 1 heterocycles. The average Bonchev–Trinajstić information content (AvgIpc) is 3.21. The molecule has 0 spiro atoms. The Morgan fingerprint density at radius 3 is 2.50 bits per heavy atom. The highest BCUT2D eigenvalue weighted by molar-refractivity contribution is 7.99. The second-order valence-electron chi connectivity index (χ2n) is 8.34. The highest BCUT2D eigenvalue weighted by Gasteiger charge is 2.26. The lowest BCUT2D eigenvalue weighted by Crippen LogP contribution is -2.34. The van der Waals surface area contributed by atoms with Crippen LogP contribution in [0.3, 0.4) is 0 Å². The number of amides is 2. The van der Waals surface area contributed by atoms with Crippen LogP contribution in [0.1, 0.15) is 54.1 Å². The van der Waals surface area contributed by atoms with E-state index in [1.807, 2.05) is 57.4 Å². The minimum atomic E-state index is -0.366. The molecule has 0 aliphatic carbocycles. The number of hydrogen-bond acceptors (Lipinski definition) is 5. The molecule has 0 aliphatic heterocycles. The van der Waals surface area contributed by atoms with E-state index in [1.165, 1.54) is 11.8 Å². The molecule has 3 aromatic rings. The summed E-state index contributed by atoms with van der Waals surface area (Å²) in [7, 11) is 0. The molecule has 7 nitrogen and oxygen atoms in total. The van der Waals surface area contributed by atoms with Crippen molar-refractivity contribution >= 4 is 40.9 Å². The Labute approximate surface area is 209 Å². The van der Waals surface area contributed by atoms with Crippen LogP contribution in [0.2, 0.25) is 5.02 Å². The molecule has 0 aliphatic rings. The van der Waals surface area contributed by atoms with Crippen molar-refractivity contribution in [2.24, 2.45) is 5.92 Å². The van der Waals surface area contributed by atoms with Crippen LogP contribution in [0.5, 0.6) is 0 Å². The number of halogens is 1. The summed E-state index contributed by atoms with van der Waals surface area (Å²) < 4.78 is 1.94. The van der Waals surface area contributed by atoms with Crippen LogP contribution in [0, 0.1) is 19.8 Å². The van der Waals surface area contributed by atoms with Gasteiger partial charge in [-0.1, -0.05) is 61.5 Å². The van der Waals surface area contributed by atoms with E-state index in [9.17, 15) is 9.59 Å². The van der Waals surface area contributed by atoms with E-state index >= 15 is 0 Å². The summed E-state index contributed by atoms with van der Waals surface area (Å²) >= 11 is 7.52. The van der Waals surface area contributed by atoms with Gasteiger partial charge in [-0.05, 0) is 56.0 Å². The molecule has 0 unspecified atom stereocenters. The van der Waals surface area contributed by atoms with Crippen molar-refractivity contribution in [3.63, 3.8) is 0 Å². The standard InChI is InChI=1S/C25H30ClN5O2S/c1-6-31-23(22(15(2)3)28-24(33)18-11-7-8-12-19(18)26)29-30-25(31)34-14-21(32)27-20-13-9-10-16(4)17(20)5/h7-13,15,22H,6,14H2,1-5H3,(H,27,32)(H,28,33)/t22-/m1/s1. The zero-order valence-electron chi connectivity index (χ0n) is 20.1. The number of benzene rings is 2. The number of anilines is 1. The fraction of sp³-hybridized carbons (Fsp3) is 0.360. The molecule has 2 N–H and O–H groups in total. The van der Waals surface area contributed by atoms with Crippen LogP contribution in [-0.4, -0.2) is 32.3 Å². The summed E-state index contributed by atoms with van der Waals surface area (Å²) in [5, 5.41) is 15.7. The first-order valence-corrected chi connectivity index (χ1v) is 12.6. The predicted octanol–water partition coefficient (Wildman–Crippen LogP) is 5.43. The van der Waals surface area contributed by atoms with Crippen molar-refractivity contribution in [1.29, 1.82) is 0 Å². The van der Waals surface area contributed by atoms with Crippen LogP contribution in [0.4, 0.5) is 5.69 Å². The molecule has 34 heavy (non-hydrogen) atoms. The molecule has 0 saturated carbocycles. The molecule has 1 aromatic heterocycles. The summed E-state index contributed by atoms with van der Waals surface area (Å²) in [4.78, 5) is 25.5. The topological polar surface area (TPSA) is 88.9 Å². The number of hydrogen-bond donors (Lipinski definition) is 2. The van der Waals surface area contributed by atoms with E-state index in [0.717, 1.165) is 16.8 Å². The van der Waals surface area contributed by atoms with Gasteiger partial charge in [-0.2, -0.15) is 0 Å². The first kappa shape index (κ1) is 25.8. The number of carbonyl (C=O) groups is 2. The van der Waals surface area contributed by atoms with Gasteiger partial charge in [0, 0.05) is 12.2 Å². The lowest BCUT2D eigenvalue weighted by molar-refractivity contribution is -0.113. The third-order valence-corrected chi connectivity index (χ3v) is 6.92. The van der Waals surface area contributed by atoms with Crippen LogP contribution in [-0.2, 0) is 11.3 Å². The molecular formula is C25H30ClN5O2S. The zero-order valence-corrected chi connectivity index (χ0v) is 21.6. The largest absolute Gasteiger partial charge is 0.342 e. The van der Waals surface area contributed by atoms with Gasteiger partial charge in [-0.3, -0.25) is 9.59 Å². The third kappa shape index (κ3) is 5.98. The van der Waals surface area contributed by atoms with Crippen LogP contribution >= 0.6 is 23.4 Å². The van der Waals surface area contributed by atoms with Crippen molar-refractivity contribution in [2.75, 3.05) is 11.1 Å². The number of aryl methyl sites for hydroxylation is 1. The maximum absolute atomic E-state index is 12.9. The molecular weight excluding hydrogens is 470 g/mol. The lowest BCUT2D eigenvalue weighted by atomic mass is 10.0. The summed E-state index contributed by atoms with van der Waals surface area (Å²) in [6.45, 7) is 10.6. The van der Waals surface area contributed by atoms with Gasteiger partial charge >= 0.3 is 0 Å². The number of aromatic nitrogens is 3. The Balaban J connectivity index is 1.73. The van der Waals surface area contributed by atoms with Crippen LogP contribution < -0.4 is 10.6 Å². The van der Waals surface area contributed by atoms with Gasteiger partial charge in [0.15, 0.2) is 11.0 Å². The van der Waals surface area contributed by atoms with E-state index in [0.29, 0.717) is 28.1 Å². The number of carbonyl (C=O) groups excluding carboxylic acids is 2. The molecule has 1 atom stereocenters. The summed E-state index contributed by atoms with van der Waals surface area (Å²) in [5.74, 6) is 0.529. The fourth-order valence-corrected chi connectivity index (χ4v) is 4.56. The average molecular weight is 500 g/mol. The fourth-order valence-electron chi connectivity index (χ4n) is 3.53. The Morgan fingerprint density at radius 1 is 1.09 bits per heavy atom. The first-order valence-electron chi connectivity index (χ1n) is 11.2. The third-order valence-electron chi connectivity index (χ3n) is 5.62. The van der Waals surface area contributed by atoms with Gasteiger partial charge in [-0.25, -0.2) is 0 Å². The molecule has 0 saturated heterocycles. The highest BCUT2D eigenvalue weighted by Crippen LogP contribution is 2.27. The monoisotopic (exact) mass is 499 g/mol. The van der Waals surface area contributed by atoms with Crippen LogP contribution in [0.25, 0.3) is 0 Å². The SMILES string of the molecule is CCn1c(SCC(=O)Nc2cccc(C)c2C)nnc1[C@H](NC(=O)c1ccccc1Cl)C(C)C. The second kappa shape index (κ2) is 11.5. The van der Waals surface area contributed by atoms with Gasteiger partial charge in [-0.15, -0.1) is 10.2 Å². The minimum absolute atomic E-state index is 0.0615. The molecule has 0 fully saturated rings.